The summed E-state index contributed by atoms with van der Waals surface area (Å²) in [6, 6.07) is 16.7. The smallest absolute Gasteiger partial charge is 0.187 e. The first-order valence-electron chi connectivity index (χ1n) is 7.86. The minimum atomic E-state index is -0.392. The van der Waals surface area contributed by atoms with Gasteiger partial charge in [0.1, 0.15) is 5.82 Å². The fraction of sp³-hybridized carbons (Fsp3) is 0.389. The molecule has 0 radical (unpaired) electrons. The number of rotatable bonds is 3. The Labute approximate surface area is 130 Å². The molecule has 1 spiro atoms. The second-order valence-electron chi connectivity index (χ2n) is 5.93. The second kappa shape index (κ2) is 5.71. The summed E-state index contributed by atoms with van der Waals surface area (Å²) < 4.78 is 11.6. The van der Waals surface area contributed by atoms with Gasteiger partial charge in [-0.05, 0) is 17.7 Å². The van der Waals surface area contributed by atoms with Gasteiger partial charge in [0.15, 0.2) is 5.79 Å². The van der Waals surface area contributed by atoms with Gasteiger partial charge in [0, 0.05) is 25.1 Å². The number of hydrogen-bond donors (Lipinski definition) is 0. The lowest BCUT2D eigenvalue weighted by Crippen LogP contribution is -2.34. The largest absolute Gasteiger partial charge is 0.351 e. The second-order valence-corrected chi connectivity index (χ2v) is 5.93. The molecule has 4 nitrogen and oxygen atoms in total. The molecule has 0 aliphatic carbocycles. The van der Waals surface area contributed by atoms with Crippen LogP contribution in [0.1, 0.15) is 17.7 Å². The van der Waals surface area contributed by atoms with Crippen molar-refractivity contribution >= 4 is 5.82 Å². The Morgan fingerprint density at radius 3 is 2.64 bits per heavy atom. The highest BCUT2D eigenvalue weighted by molar-refractivity contribution is 5.42. The third kappa shape index (κ3) is 2.72. The van der Waals surface area contributed by atoms with Crippen LogP contribution in [0.5, 0.6) is 0 Å². The molecule has 22 heavy (non-hydrogen) atoms. The highest BCUT2D eigenvalue weighted by atomic mass is 16.7. The zero-order valence-electron chi connectivity index (χ0n) is 12.6. The van der Waals surface area contributed by atoms with E-state index in [1.807, 2.05) is 6.07 Å². The van der Waals surface area contributed by atoms with Gasteiger partial charge in [-0.1, -0.05) is 36.4 Å². The van der Waals surface area contributed by atoms with Gasteiger partial charge in [-0.15, -0.1) is 0 Å². The molecular formula is C18H20N2O2. The lowest BCUT2D eigenvalue weighted by Gasteiger charge is -2.23. The molecule has 2 fully saturated rings. The van der Waals surface area contributed by atoms with E-state index in [1.54, 1.807) is 0 Å². The van der Waals surface area contributed by atoms with Crippen LogP contribution in [-0.2, 0) is 15.9 Å². The monoisotopic (exact) mass is 296 g/mol. The number of aromatic nitrogens is 1. The number of anilines is 1. The minimum absolute atomic E-state index is 0.392. The van der Waals surface area contributed by atoms with Crippen LogP contribution >= 0.6 is 0 Å². The summed E-state index contributed by atoms with van der Waals surface area (Å²) in [6.07, 6.45) is 1.78. The van der Waals surface area contributed by atoms with Crippen molar-refractivity contribution in [3.05, 3.63) is 59.8 Å². The van der Waals surface area contributed by atoms with E-state index in [0.29, 0.717) is 13.2 Å². The van der Waals surface area contributed by atoms with Crippen molar-refractivity contribution in [2.24, 2.45) is 0 Å². The van der Waals surface area contributed by atoms with E-state index in [0.717, 1.165) is 37.4 Å². The van der Waals surface area contributed by atoms with Gasteiger partial charge in [0.2, 0.25) is 0 Å². The molecular weight excluding hydrogens is 276 g/mol. The summed E-state index contributed by atoms with van der Waals surface area (Å²) >= 11 is 0. The van der Waals surface area contributed by atoms with Crippen molar-refractivity contribution in [2.45, 2.75) is 18.6 Å². The molecule has 2 aliphatic heterocycles. The van der Waals surface area contributed by atoms with Crippen molar-refractivity contribution in [3.8, 4) is 0 Å². The lowest BCUT2D eigenvalue weighted by molar-refractivity contribution is -0.137. The Bertz CT molecular complexity index is 639. The number of ether oxygens (including phenoxy) is 2. The minimum Gasteiger partial charge on any atom is -0.351 e. The molecule has 114 valence electrons. The summed E-state index contributed by atoms with van der Waals surface area (Å²) in [4.78, 5) is 7.08. The fourth-order valence-corrected chi connectivity index (χ4v) is 3.23. The Morgan fingerprint density at radius 2 is 1.82 bits per heavy atom. The first-order valence-corrected chi connectivity index (χ1v) is 7.86. The van der Waals surface area contributed by atoms with Crippen molar-refractivity contribution in [3.63, 3.8) is 0 Å². The van der Waals surface area contributed by atoms with Crippen LogP contribution in [0.25, 0.3) is 0 Å². The maximum absolute atomic E-state index is 5.79. The Morgan fingerprint density at radius 1 is 1.00 bits per heavy atom. The van der Waals surface area contributed by atoms with Crippen LogP contribution in [-0.4, -0.2) is 37.1 Å². The molecule has 3 heterocycles. The molecule has 0 atom stereocenters. The van der Waals surface area contributed by atoms with Crippen LogP contribution in [0.3, 0.4) is 0 Å². The number of benzene rings is 1. The van der Waals surface area contributed by atoms with Crippen LogP contribution < -0.4 is 4.90 Å². The summed E-state index contributed by atoms with van der Waals surface area (Å²) in [5, 5.41) is 0. The zero-order chi connectivity index (χ0) is 14.8. The van der Waals surface area contributed by atoms with Gasteiger partial charge in [0.05, 0.1) is 19.8 Å². The third-order valence-corrected chi connectivity index (χ3v) is 4.35. The van der Waals surface area contributed by atoms with Crippen LogP contribution in [0.2, 0.25) is 0 Å². The Kier molecular flexibility index (Phi) is 3.56. The Hall–Kier alpha value is -1.91. The molecule has 1 aromatic heterocycles. The summed E-state index contributed by atoms with van der Waals surface area (Å²) in [6.45, 7) is 3.11. The quantitative estimate of drug-likeness (QED) is 0.872. The van der Waals surface area contributed by atoms with Crippen LogP contribution in [0.15, 0.2) is 48.5 Å². The standard InChI is InChI=1S/C18H20N2O2/c1-2-5-15(6-3-1)13-16-7-4-8-17(19-16)20-10-9-18(14-20)21-11-12-22-18/h1-8H,9-14H2. The van der Waals surface area contributed by atoms with Crippen molar-refractivity contribution in [1.29, 1.82) is 0 Å². The summed E-state index contributed by atoms with van der Waals surface area (Å²) in [7, 11) is 0. The van der Waals surface area contributed by atoms with E-state index < -0.39 is 5.79 Å². The fourth-order valence-electron chi connectivity index (χ4n) is 3.23. The SMILES string of the molecule is c1ccc(Cc2cccc(N3CCC4(C3)OCCO4)n2)cc1. The van der Waals surface area contributed by atoms with Crippen molar-refractivity contribution in [1.82, 2.24) is 4.98 Å². The molecule has 2 saturated heterocycles. The summed E-state index contributed by atoms with van der Waals surface area (Å²) in [5.41, 5.74) is 2.38. The summed E-state index contributed by atoms with van der Waals surface area (Å²) in [5.74, 6) is 0.626. The predicted octanol–water partition coefficient (Wildman–Crippen LogP) is 2.63. The van der Waals surface area contributed by atoms with Gasteiger partial charge >= 0.3 is 0 Å². The van der Waals surface area contributed by atoms with E-state index in [9.17, 15) is 0 Å². The van der Waals surface area contributed by atoms with Gasteiger partial charge < -0.3 is 14.4 Å². The molecule has 2 aromatic rings. The maximum Gasteiger partial charge on any atom is 0.187 e. The molecule has 2 aliphatic rings. The van der Waals surface area contributed by atoms with Crippen LogP contribution in [0, 0.1) is 0 Å². The molecule has 0 saturated carbocycles. The molecule has 0 bridgehead atoms. The molecule has 0 unspecified atom stereocenters. The first-order chi connectivity index (χ1) is 10.8. The van der Waals surface area contributed by atoms with E-state index >= 15 is 0 Å². The topological polar surface area (TPSA) is 34.6 Å². The van der Waals surface area contributed by atoms with Gasteiger partial charge in [-0.3, -0.25) is 0 Å². The third-order valence-electron chi connectivity index (χ3n) is 4.35. The molecule has 1 aromatic carbocycles. The maximum atomic E-state index is 5.79. The van der Waals surface area contributed by atoms with Gasteiger partial charge in [-0.2, -0.15) is 0 Å². The predicted molar refractivity (Wildman–Crippen MR) is 85.0 cm³/mol. The van der Waals surface area contributed by atoms with Crippen LogP contribution in [0.4, 0.5) is 5.82 Å². The molecule has 4 heteroatoms. The molecule has 0 N–H and O–H groups in total. The lowest BCUT2D eigenvalue weighted by atomic mass is 10.1. The van der Waals surface area contributed by atoms with E-state index in [-0.39, 0.29) is 0 Å². The normalized spacial score (nSPS) is 19.9. The van der Waals surface area contributed by atoms with Gasteiger partial charge in [-0.25, -0.2) is 4.98 Å². The zero-order valence-corrected chi connectivity index (χ0v) is 12.6. The Balaban J connectivity index is 1.50. The van der Waals surface area contributed by atoms with Crippen molar-refractivity contribution in [2.75, 3.05) is 31.2 Å². The highest BCUT2D eigenvalue weighted by Crippen LogP contribution is 2.32. The van der Waals surface area contributed by atoms with E-state index in [2.05, 4.69) is 47.4 Å². The number of hydrogen-bond acceptors (Lipinski definition) is 4. The number of pyridine rings is 1. The number of nitrogens with zero attached hydrogens (tertiary/aromatic N) is 2. The average Bonchev–Trinajstić information content (AvgIpc) is 3.19. The molecule has 4 rings (SSSR count). The van der Waals surface area contributed by atoms with Gasteiger partial charge in [0.25, 0.3) is 0 Å². The van der Waals surface area contributed by atoms with E-state index in [4.69, 9.17) is 14.5 Å². The first kappa shape index (κ1) is 13.7. The van der Waals surface area contributed by atoms with E-state index in [1.165, 1.54) is 5.56 Å². The average molecular weight is 296 g/mol. The van der Waals surface area contributed by atoms with Crippen molar-refractivity contribution < 1.29 is 9.47 Å². The highest BCUT2D eigenvalue weighted by Gasteiger charge is 2.43. The molecule has 0 amide bonds.